The van der Waals surface area contributed by atoms with Crippen molar-refractivity contribution in [2.24, 2.45) is 5.92 Å². The number of ether oxygens (including phenoxy) is 2. The summed E-state index contributed by atoms with van der Waals surface area (Å²) in [5, 5.41) is 13.2. The SMILES string of the molecule is CC(C)C[C@@H](NC(=O)OCc1ccccc1)[C@@H](O)[C@]1(C)CO1. The predicted octanol–water partition coefficient (Wildman–Crippen LogP) is 2.48. The maximum absolute atomic E-state index is 12.0. The molecule has 1 heterocycles. The Labute approximate surface area is 131 Å². The van der Waals surface area contributed by atoms with Gasteiger partial charge in [0, 0.05) is 0 Å². The highest BCUT2D eigenvalue weighted by Gasteiger charge is 2.50. The van der Waals surface area contributed by atoms with E-state index in [2.05, 4.69) is 5.32 Å². The number of rotatable bonds is 7. The second-order valence-electron chi connectivity index (χ2n) is 6.49. The van der Waals surface area contributed by atoms with Crippen molar-refractivity contribution in [3.63, 3.8) is 0 Å². The van der Waals surface area contributed by atoms with Crippen LogP contribution in [-0.4, -0.2) is 35.6 Å². The highest BCUT2D eigenvalue weighted by atomic mass is 16.6. The minimum absolute atomic E-state index is 0.213. The summed E-state index contributed by atoms with van der Waals surface area (Å²) < 4.78 is 10.5. The first-order chi connectivity index (χ1) is 10.4. The van der Waals surface area contributed by atoms with Crippen LogP contribution < -0.4 is 5.32 Å². The normalized spacial score (nSPS) is 23.0. The summed E-state index contributed by atoms with van der Waals surface area (Å²) in [6, 6.07) is 9.12. The lowest BCUT2D eigenvalue weighted by atomic mass is 9.92. The summed E-state index contributed by atoms with van der Waals surface area (Å²) in [4.78, 5) is 12.0. The third kappa shape index (κ3) is 4.71. The Morgan fingerprint density at radius 3 is 2.59 bits per heavy atom. The van der Waals surface area contributed by atoms with Crippen LogP contribution in [0, 0.1) is 5.92 Å². The Hall–Kier alpha value is -1.59. The molecule has 1 amide bonds. The van der Waals surface area contributed by atoms with Crippen molar-refractivity contribution in [1.29, 1.82) is 0 Å². The van der Waals surface area contributed by atoms with Crippen LogP contribution in [0.2, 0.25) is 0 Å². The lowest BCUT2D eigenvalue weighted by molar-refractivity contribution is 0.0406. The maximum Gasteiger partial charge on any atom is 0.407 e. The van der Waals surface area contributed by atoms with Crippen LogP contribution in [0.5, 0.6) is 0 Å². The van der Waals surface area contributed by atoms with Crippen molar-refractivity contribution >= 4 is 6.09 Å². The molecule has 1 saturated heterocycles. The van der Waals surface area contributed by atoms with Crippen molar-refractivity contribution in [1.82, 2.24) is 5.32 Å². The molecule has 0 spiro atoms. The van der Waals surface area contributed by atoms with Crippen LogP contribution >= 0.6 is 0 Å². The molecule has 0 radical (unpaired) electrons. The fourth-order valence-corrected chi connectivity index (χ4v) is 2.40. The third-order valence-electron chi connectivity index (χ3n) is 3.85. The molecule has 1 aromatic rings. The second kappa shape index (κ2) is 7.11. The van der Waals surface area contributed by atoms with Gasteiger partial charge in [-0.15, -0.1) is 0 Å². The minimum atomic E-state index is -0.737. The highest BCUT2D eigenvalue weighted by Crippen LogP contribution is 2.33. The summed E-state index contributed by atoms with van der Waals surface area (Å²) >= 11 is 0. The molecule has 2 N–H and O–H groups in total. The van der Waals surface area contributed by atoms with Crippen molar-refractivity contribution in [2.75, 3.05) is 6.61 Å². The van der Waals surface area contributed by atoms with E-state index in [4.69, 9.17) is 9.47 Å². The Kier molecular flexibility index (Phi) is 5.42. The third-order valence-corrected chi connectivity index (χ3v) is 3.85. The summed E-state index contributed by atoms with van der Waals surface area (Å²) in [6.07, 6.45) is -0.586. The molecule has 122 valence electrons. The predicted molar refractivity (Wildman–Crippen MR) is 83.4 cm³/mol. The molecule has 1 aromatic carbocycles. The van der Waals surface area contributed by atoms with Crippen LogP contribution in [0.15, 0.2) is 30.3 Å². The largest absolute Gasteiger partial charge is 0.445 e. The Morgan fingerprint density at radius 1 is 1.41 bits per heavy atom. The second-order valence-corrected chi connectivity index (χ2v) is 6.49. The fraction of sp³-hybridized carbons (Fsp3) is 0.588. The summed E-state index contributed by atoms with van der Waals surface area (Å²) in [5.41, 5.74) is 0.378. The van der Waals surface area contributed by atoms with Gasteiger partial charge in [0.1, 0.15) is 18.3 Å². The molecule has 0 bridgehead atoms. The van der Waals surface area contributed by atoms with Gasteiger partial charge in [-0.2, -0.15) is 0 Å². The molecule has 2 rings (SSSR count). The van der Waals surface area contributed by atoms with Gasteiger partial charge in [-0.1, -0.05) is 44.2 Å². The number of nitrogens with one attached hydrogen (secondary N) is 1. The van der Waals surface area contributed by atoms with E-state index in [1.165, 1.54) is 0 Å². The molecule has 0 saturated carbocycles. The number of benzene rings is 1. The van der Waals surface area contributed by atoms with Gasteiger partial charge in [-0.3, -0.25) is 0 Å². The molecule has 0 unspecified atom stereocenters. The molecule has 0 aliphatic carbocycles. The number of aliphatic hydroxyl groups excluding tert-OH is 1. The number of carbonyl (C=O) groups is 1. The lowest BCUT2D eigenvalue weighted by Gasteiger charge is -2.27. The molecule has 0 aromatic heterocycles. The van der Waals surface area contributed by atoms with Crippen molar-refractivity contribution in [3.8, 4) is 0 Å². The first-order valence-electron chi connectivity index (χ1n) is 7.70. The molecule has 5 nitrogen and oxygen atoms in total. The standard InChI is InChI=1S/C17H25NO4/c1-12(2)9-14(15(19)17(3)11-22-17)18-16(20)21-10-13-7-5-4-6-8-13/h4-8,12,14-15,19H,9-11H2,1-3H3,(H,18,20)/t14-,15-,17+/m1/s1. The quantitative estimate of drug-likeness (QED) is 0.759. The average molecular weight is 307 g/mol. The topological polar surface area (TPSA) is 71.1 Å². The van der Waals surface area contributed by atoms with Crippen LogP contribution in [-0.2, 0) is 16.1 Å². The first-order valence-corrected chi connectivity index (χ1v) is 7.70. The number of hydrogen-bond acceptors (Lipinski definition) is 4. The molecular weight excluding hydrogens is 282 g/mol. The van der Waals surface area contributed by atoms with Gasteiger partial charge in [0.2, 0.25) is 0 Å². The monoisotopic (exact) mass is 307 g/mol. The van der Waals surface area contributed by atoms with Gasteiger partial charge in [0.05, 0.1) is 12.6 Å². The van der Waals surface area contributed by atoms with Crippen LogP contribution in [0.4, 0.5) is 4.79 Å². The zero-order chi connectivity index (χ0) is 16.2. The number of carbonyl (C=O) groups excluding carboxylic acids is 1. The highest BCUT2D eigenvalue weighted by molar-refractivity contribution is 5.67. The fourth-order valence-electron chi connectivity index (χ4n) is 2.40. The van der Waals surface area contributed by atoms with Crippen molar-refractivity contribution in [3.05, 3.63) is 35.9 Å². The van der Waals surface area contributed by atoms with Gasteiger partial charge in [-0.05, 0) is 24.8 Å². The van der Waals surface area contributed by atoms with E-state index in [0.29, 0.717) is 18.9 Å². The zero-order valence-electron chi connectivity index (χ0n) is 13.4. The van der Waals surface area contributed by atoms with Gasteiger partial charge in [0.25, 0.3) is 0 Å². The summed E-state index contributed by atoms with van der Waals surface area (Å²) in [5.74, 6) is 0.344. The Morgan fingerprint density at radius 2 is 2.05 bits per heavy atom. The average Bonchev–Trinajstić information content (AvgIpc) is 3.23. The minimum Gasteiger partial charge on any atom is -0.445 e. The van der Waals surface area contributed by atoms with E-state index in [1.54, 1.807) is 0 Å². The molecule has 22 heavy (non-hydrogen) atoms. The molecule has 1 fully saturated rings. The summed E-state index contributed by atoms with van der Waals surface area (Å²) in [6.45, 7) is 6.68. The number of hydrogen-bond donors (Lipinski definition) is 2. The number of alkyl carbamates (subject to hydrolysis) is 1. The first kappa shape index (κ1) is 16.8. The Balaban J connectivity index is 1.87. The maximum atomic E-state index is 12.0. The molecule has 3 atom stereocenters. The molecule has 1 aliphatic rings. The van der Waals surface area contributed by atoms with Gasteiger partial charge in [-0.25, -0.2) is 4.79 Å². The number of epoxide rings is 1. The molecule has 1 aliphatic heterocycles. The van der Waals surface area contributed by atoms with Crippen LogP contribution in [0.25, 0.3) is 0 Å². The van der Waals surface area contributed by atoms with Crippen molar-refractivity contribution < 1.29 is 19.4 Å². The van der Waals surface area contributed by atoms with Crippen molar-refractivity contribution in [2.45, 2.75) is 51.5 Å². The summed E-state index contributed by atoms with van der Waals surface area (Å²) in [7, 11) is 0. The number of aliphatic hydroxyl groups is 1. The van der Waals surface area contributed by atoms with E-state index in [9.17, 15) is 9.90 Å². The van der Waals surface area contributed by atoms with E-state index in [0.717, 1.165) is 5.56 Å². The lowest BCUT2D eigenvalue weighted by Crippen LogP contribution is -2.50. The number of amides is 1. The molecular formula is C17H25NO4. The van der Waals surface area contributed by atoms with Crippen LogP contribution in [0.3, 0.4) is 0 Å². The van der Waals surface area contributed by atoms with Gasteiger partial charge < -0.3 is 19.9 Å². The van der Waals surface area contributed by atoms with Gasteiger partial charge in [0.15, 0.2) is 0 Å². The Bertz CT molecular complexity index is 485. The van der Waals surface area contributed by atoms with Gasteiger partial charge >= 0.3 is 6.09 Å². The van der Waals surface area contributed by atoms with E-state index < -0.39 is 17.8 Å². The van der Waals surface area contributed by atoms with E-state index in [1.807, 2.05) is 51.1 Å². The van der Waals surface area contributed by atoms with Crippen LogP contribution in [0.1, 0.15) is 32.8 Å². The molecule has 5 heteroatoms. The van der Waals surface area contributed by atoms with E-state index >= 15 is 0 Å². The smallest absolute Gasteiger partial charge is 0.407 e. The zero-order valence-corrected chi connectivity index (χ0v) is 13.4. The van der Waals surface area contributed by atoms with E-state index in [-0.39, 0.29) is 12.6 Å².